The topological polar surface area (TPSA) is 210 Å². The second-order valence-electron chi connectivity index (χ2n) is 27.3. The summed E-state index contributed by atoms with van der Waals surface area (Å²) in [5.41, 5.74) is 14.5. The molecule has 3 aliphatic heterocycles. The predicted molar refractivity (Wildman–Crippen MR) is 388 cm³/mol. The van der Waals surface area contributed by atoms with E-state index in [1.54, 1.807) is 36.4 Å². The van der Waals surface area contributed by atoms with E-state index in [0.717, 1.165) is 61.7 Å². The Morgan fingerprint density at radius 3 is 1.04 bits per heavy atom. The quantitative estimate of drug-likeness (QED) is 0.0534. The molecular weight excluding hydrogens is 1280 g/mol. The Morgan fingerprint density at radius 2 is 0.735 bits per heavy atom. The second-order valence-corrected chi connectivity index (χ2v) is 27.6. The number of aromatic carboxylic acids is 1. The normalized spacial score (nSPS) is 20.9. The van der Waals surface area contributed by atoms with Gasteiger partial charge in [0.2, 0.25) is 0 Å². The molecule has 0 unspecified atom stereocenters. The van der Waals surface area contributed by atoms with Crippen LogP contribution in [0.15, 0.2) is 217 Å². The van der Waals surface area contributed by atoms with E-state index in [1.807, 2.05) is 137 Å². The SMILES string of the molecule is CC1(C)C(c2ccc(C(=O)O)cc2)=CC[C@]2(C)CN(C(=O)c3ccccc3)CC=C12.CO.COC(=O)c1ccc(C2=CC[C@]3(C)CN(C(=O)c4ccccc4)CC=C3C2(C)C)cc1.COC(=O)c1ccc(C2=CC[C@]3(C)CNCC=C3C2(C)C)cc1.Cl.O=C(Cl)c1ccccc1.[Na+].[OH-]. The minimum Gasteiger partial charge on any atom is -0.870 e. The van der Waals surface area contributed by atoms with Crippen molar-refractivity contribution in [2.75, 3.05) is 60.6 Å². The molecule has 2 amide bonds. The smallest absolute Gasteiger partial charge is 0.870 e. The fraction of sp³-hybridized carbons (Fsp3) is 0.333. The molecule has 12 rings (SSSR count). The molecule has 0 fully saturated rings. The number of rotatable bonds is 9. The van der Waals surface area contributed by atoms with Gasteiger partial charge in [-0.1, -0.05) is 219 Å². The molecule has 0 aromatic heterocycles. The molecule has 6 aromatic carbocycles. The number of halogens is 2. The molecule has 3 heterocycles. The number of carboxylic acid groups (broad SMARTS) is 1. The van der Waals surface area contributed by atoms with Crippen LogP contribution < -0.4 is 34.9 Å². The van der Waals surface area contributed by atoms with Crippen molar-refractivity contribution in [3.8, 4) is 0 Å². The third-order valence-corrected chi connectivity index (χ3v) is 19.8. The van der Waals surface area contributed by atoms with Gasteiger partial charge in [-0.15, -0.1) is 12.4 Å². The second kappa shape index (κ2) is 34.3. The first kappa shape index (κ1) is 80.9. The number of benzene rings is 6. The van der Waals surface area contributed by atoms with Crippen LogP contribution in [0.2, 0.25) is 0 Å². The Kier molecular flexibility index (Phi) is 28.4. The monoisotopic (exact) mass is 1380 g/mol. The first-order chi connectivity index (χ1) is 45.2. The summed E-state index contributed by atoms with van der Waals surface area (Å²) in [6.07, 6.45) is 16.5. The van der Waals surface area contributed by atoms with Crippen LogP contribution in [0.3, 0.4) is 0 Å². The summed E-state index contributed by atoms with van der Waals surface area (Å²) in [7, 11) is 3.80. The molecular formula is C81H92Cl2N3NaO11. The number of carboxylic acids is 1. The minimum atomic E-state index is -0.913. The van der Waals surface area contributed by atoms with Gasteiger partial charge < -0.3 is 40.3 Å². The summed E-state index contributed by atoms with van der Waals surface area (Å²) < 4.78 is 9.59. The number of nitrogens with one attached hydrogen (secondary N) is 1. The summed E-state index contributed by atoms with van der Waals surface area (Å²) in [6, 6.07) is 50.2. The molecule has 0 bridgehead atoms. The number of carbonyl (C=O) groups excluding carboxylic acids is 5. The van der Waals surface area contributed by atoms with Crippen molar-refractivity contribution in [1.82, 2.24) is 15.1 Å². The van der Waals surface area contributed by atoms with Crippen LogP contribution in [-0.4, -0.2) is 121 Å². The molecule has 6 aromatic rings. The van der Waals surface area contributed by atoms with E-state index in [-0.39, 0.29) is 104 Å². The van der Waals surface area contributed by atoms with Crippen LogP contribution in [0.1, 0.15) is 160 Å². The molecule has 6 aliphatic rings. The molecule has 0 spiro atoms. The van der Waals surface area contributed by atoms with Gasteiger partial charge in [0.25, 0.3) is 17.1 Å². The number of allylic oxidation sites excluding steroid dienone is 6. The van der Waals surface area contributed by atoms with Crippen molar-refractivity contribution in [2.45, 2.75) is 81.6 Å². The number of amides is 2. The summed E-state index contributed by atoms with van der Waals surface area (Å²) in [4.78, 5) is 74.9. The van der Waals surface area contributed by atoms with Gasteiger partial charge >= 0.3 is 47.5 Å². The molecule has 512 valence electrons. The fourth-order valence-electron chi connectivity index (χ4n) is 15.1. The van der Waals surface area contributed by atoms with Crippen molar-refractivity contribution < 1.29 is 83.5 Å². The number of hydrogen-bond donors (Lipinski definition) is 3. The van der Waals surface area contributed by atoms with Gasteiger partial charge in [0.1, 0.15) is 0 Å². The van der Waals surface area contributed by atoms with Crippen LogP contribution in [0.5, 0.6) is 0 Å². The van der Waals surface area contributed by atoms with Gasteiger partial charge in [0.05, 0.1) is 30.9 Å². The number of hydrogen-bond acceptors (Lipinski definition) is 11. The zero-order valence-electron chi connectivity index (χ0n) is 58.7. The number of fused-ring (bicyclic) bond motifs is 3. The maximum Gasteiger partial charge on any atom is 1.00 e. The summed E-state index contributed by atoms with van der Waals surface area (Å²) in [5, 5.41) is 19.3. The maximum absolute atomic E-state index is 13.0. The van der Waals surface area contributed by atoms with Crippen LogP contribution in [0.25, 0.3) is 16.7 Å². The standard InChI is InChI=1S/C27H29NO3.C26H27NO3.C20H25NO2.C7H5ClO.CH4O.ClH.Na.H2O/c1-26(2)22(19-10-12-21(13-11-19)25(30)31-4)14-16-27(3)18-28(17-15-23(26)27)24(29)20-8-6-5-7-9-20;1-25(2)21(18-9-11-20(12-10-18)24(29)30)13-15-26(3)17-27(16-14-22(25)26)23(28)19-7-5-4-6-8-19;1-19(2)16(9-11-20(3)13-21-12-10-17(19)20)14-5-7-15(8-6-14)18(22)23-4;8-7(9)6-4-2-1-3-5-6;1-2;;;/h5-15H,16-18H2,1-4H3;4-14H,15-17H2,1-3H3,(H,29,30);5-10,21H,11-13H2,1-4H3;1-5H;2H,1H3;1H;;1H2/q;;;;;;+1;/p-1/t27-;26-;20-;;;;;/m111...../s1. The largest absolute Gasteiger partial charge is 1.00 e. The number of nitrogens with zero attached hydrogens (tertiary/aromatic N) is 2. The Bertz CT molecular complexity index is 3990. The molecule has 0 saturated carbocycles. The van der Waals surface area contributed by atoms with Gasteiger partial charge in [-0.2, -0.15) is 0 Å². The Balaban J connectivity index is 0.000000244. The van der Waals surface area contributed by atoms with E-state index >= 15 is 0 Å². The van der Waals surface area contributed by atoms with Crippen LogP contribution in [0.4, 0.5) is 0 Å². The van der Waals surface area contributed by atoms with E-state index in [0.29, 0.717) is 48.4 Å². The number of aliphatic hydroxyl groups excluding tert-OH is 1. The van der Waals surface area contributed by atoms with Crippen LogP contribution in [-0.2, 0) is 9.47 Å². The Hall–Kier alpha value is -7.76. The molecule has 14 nitrogen and oxygen atoms in total. The molecule has 4 N–H and O–H groups in total. The average molecular weight is 1380 g/mol. The number of ether oxygens (including phenoxy) is 2. The molecule has 98 heavy (non-hydrogen) atoms. The number of esters is 2. The van der Waals surface area contributed by atoms with E-state index in [1.165, 1.54) is 53.2 Å². The van der Waals surface area contributed by atoms with Gasteiger partial charge in [-0.05, 0) is 125 Å². The molecule has 3 atom stereocenters. The number of methoxy groups -OCH3 is 2. The molecule has 17 heteroatoms. The van der Waals surface area contributed by atoms with E-state index in [4.69, 9.17) is 26.2 Å². The molecule has 0 radical (unpaired) electrons. The van der Waals surface area contributed by atoms with E-state index in [2.05, 4.69) is 104 Å². The van der Waals surface area contributed by atoms with E-state index < -0.39 is 11.2 Å². The average Bonchev–Trinajstić information content (AvgIpc) is 0.748. The summed E-state index contributed by atoms with van der Waals surface area (Å²) in [6.45, 7) is 25.0. The van der Waals surface area contributed by atoms with Gasteiger partial charge in [0.15, 0.2) is 0 Å². The number of aliphatic hydroxyl groups is 1. The third kappa shape index (κ3) is 17.8. The predicted octanol–water partition coefficient (Wildman–Crippen LogP) is 13.4. The Labute approximate surface area is 611 Å². The number of carbonyl (C=O) groups is 6. The minimum absolute atomic E-state index is 0. The van der Waals surface area contributed by atoms with Gasteiger partial charge in [-0.25, -0.2) is 14.4 Å². The third-order valence-electron chi connectivity index (χ3n) is 19.6. The summed E-state index contributed by atoms with van der Waals surface area (Å²) in [5.74, 6) is -1.37. The molecule has 3 aliphatic carbocycles. The fourth-order valence-corrected chi connectivity index (χ4v) is 15.2. The Morgan fingerprint density at radius 1 is 0.429 bits per heavy atom. The van der Waals surface area contributed by atoms with Crippen LogP contribution in [0, 0.1) is 32.5 Å². The summed E-state index contributed by atoms with van der Waals surface area (Å²) >= 11 is 5.16. The van der Waals surface area contributed by atoms with Crippen molar-refractivity contribution >= 4 is 75.7 Å². The van der Waals surface area contributed by atoms with E-state index in [9.17, 15) is 33.9 Å². The maximum atomic E-state index is 13.0. The van der Waals surface area contributed by atoms with Crippen LogP contribution >= 0.6 is 24.0 Å². The van der Waals surface area contributed by atoms with Crippen molar-refractivity contribution in [1.29, 1.82) is 0 Å². The zero-order chi connectivity index (χ0) is 69.1. The van der Waals surface area contributed by atoms with Crippen molar-refractivity contribution in [3.63, 3.8) is 0 Å². The van der Waals surface area contributed by atoms with Crippen molar-refractivity contribution in [3.05, 3.63) is 267 Å². The zero-order valence-corrected chi connectivity index (χ0v) is 62.3. The first-order valence-corrected chi connectivity index (χ1v) is 32.6. The molecule has 0 saturated heterocycles. The van der Waals surface area contributed by atoms with Gasteiger partial charge in [0, 0.05) is 95.6 Å². The van der Waals surface area contributed by atoms with Gasteiger partial charge in [-0.3, -0.25) is 14.4 Å². The first-order valence-electron chi connectivity index (χ1n) is 32.2. The van der Waals surface area contributed by atoms with Crippen molar-refractivity contribution in [2.24, 2.45) is 32.5 Å².